The van der Waals surface area contributed by atoms with Crippen LogP contribution in [0.1, 0.15) is 11.1 Å². The third-order valence-electron chi connectivity index (χ3n) is 3.25. The molecule has 2 aromatic rings. The van der Waals surface area contributed by atoms with Gasteiger partial charge in [-0.05, 0) is 23.8 Å². The molecule has 4 nitrogen and oxygen atoms in total. The molecule has 0 unspecified atom stereocenters. The number of ether oxygens (including phenoxy) is 1. The first kappa shape index (κ1) is 16.0. The van der Waals surface area contributed by atoms with E-state index in [1.807, 2.05) is 0 Å². The first-order chi connectivity index (χ1) is 10.6. The molecule has 2 aromatic carbocycles. The van der Waals surface area contributed by atoms with Crippen LogP contribution in [0, 0.1) is 5.82 Å². The molecule has 0 heterocycles. The van der Waals surface area contributed by atoms with Crippen LogP contribution in [0.15, 0.2) is 48.5 Å². The molecule has 0 spiro atoms. The topological polar surface area (TPSA) is 49.8 Å². The van der Waals surface area contributed by atoms with Crippen molar-refractivity contribution in [1.82, 2.24) is 4.90 Å². The number of carbonyl (C=O) groups excluding carboxylic acids is 1. The van der Waals surface area contributed by atoms with E-state index in [-0.39, 0.29) is 24.9 Å². The van der Waals surface area contributed by atoms with Crippen LogP contribution in [-0.4, -0.2) is 29.6 Å². The summed E-state index contributed by atoms with van der Waals surface area (Å²) in [5.74, 6) is -0.00715. The van der Waals surface area contributed by atoms with E-state index in [1.54, 1.807) is 43.4 Å². The van der Waals surface area contributed by atoms with Crippen molar-refractivity contribution in [2.75, 3.05) is 13.7 Å². The standard InChI is InChI=1S/C17H18FNO3/c1-19(10-13-6-8-15(18)9-7-13)17(21)12-22-16-5-3-2-4-14(16)11-20/h2-9,20H,10-12H2,1H3. The van der Waals surface area contributed by atoms with Crippen LogP contribution in [0.2, 0.25) is 0 Å². The summed E-state index contributed by atoms with van der Waals surface area (Å²) in [4.78, 5) is 13.6. The Balaban J connectivity index is 1.90. The fourth-order valence-electron chi connectivity index (χ4n) is 1.98. The summed E-state index contributed by atoms with van der Waals surface area (Å²) in [6.07, 6.45) is 0. The molecular weight excluding hydrogens is 285 g/mol. The fourth-order valence-corrected chi connectivity index (χ4v) is 1.98. The molecule has 0 atom stereocenters. The van der Waals surface area contributed by atoms with E-state index >= 15 is 0 Å². The molecular formula is C17H18FNO3. The van der Waals surface area contributed by atoms with Crippen LogP contribution in [0.4, 0.5) is 4.39 Å². The molecule has 0 bridgehead atoms. The molecule has 1 amide bonds. The second-order valence-corrected chi connectivity index (χ2v) is 4.93. The Morgan fingerprint density at radius 2 is 1.86 bits per heavy atom. The summed E-state index contributed by atoms with van der Waals surface area (Å²) in [6, 6.07) is 13.0. The predicted octanol–water partition coefficient (Wildman–Crippen LogP) is 2.36. The van der Waals surface area contributed by atoms with E-state index in [0.29, 0.717) is 17.9 Å². The van der Waals surface area contributed by atoms with Crippen LogP contribution in [0.3, 0.4) is 0 Å². The van der Waals surface area contributed by atoms with E-state index in [9.17, 15) is 14.3 Å². The van der Waals surface area contributed by atoms with Gasteiger partial charge in [0.2, 0.25) is 0 Å². The highest BCUT2D eigenvalue weighted by Gasteiger charge is 2.11. The molecule has 0 aliphatic carbocycles. The molecule has 2 rings (SSSR count). The minimum absolute atomic E-state index is 0.116. The minimum atomic E-state index is -0.304. The third-order valence-corrected chi connectivity index (χ3v) is 3.25. The number of hydrogen-bond donors (Lipinski definition) is 1. The van der Waals surface area contributed by atoms with Gasteiger partial charge in [-0.2, -0.15) is 0 Å². The summed E-state index contributed by atoms with van der Waals surface area (Å²) >= 11 is 0. The number of carbonyl (C=O) groups is 1. The molecule has 0 saturated carbocycles. The van der Waals surface area contributed by atoms with E-state index in [0.717, 1.165) is 5.56 Å². The van der Waals surface area contributed by atoms with Gasteiger partial charge in [0.05, 0.1) is 6.61 Å². The highest BCUT2D eigenvalue weighted by Crippen LogP contribution is 2.17. The Labute approximate surface area is 128 Å². The quantitative estimate of drug-likeness (QED) is 0.891. The average Bonchev–Trinajstić information content (AvgIpc) is 2.54. The lowest BCUT2D eigenvalue weighted by Crippen LogP contribution is -2.31. The number of para-hydroxylation sites is 1. The lowest BCUT2D eigenvalue weighted by molar-refractivity contribution is -0.132. The van der Waals surface area contributed by atoms with Gasteiger partial charge >= 0.3 is 0 Å². The van der Waals surface area contributed by atoms with E-state index < -0.39 is 0 Å². The SMILES string of the molecule is CN(Cc1ccc(F)cc1)C(=O)COc1ccccc1CO. The van der Waals surface area contributed by atoms with Crippen molar-refractivity contribution in [3.8, 4) is 5.75 Å². The first-order valence-corrected chi connectivity index (χ1v) is 6.90. The van der Waals surface area contributed by atoms with Gasteiger partial charge < -0.3 is 14.7 Å². The molecule has 0 aliphatic heterocycles. The monoisotopic (exact) mass is 303 g/mol. The van der Waals surface area contributed by atoms with Crippen molar-refractivity contribution in [3.63, 3.8) is 0 Å². The van der Waals surface area contributed by atoms with E-state index in [2.05, 4.69) is 0 Å². The van der Waals surface area contributed by atoms with Crippen LogP contribution in [-0.2, 0) is 17.9 Å². The summed E-state index contributed by atoms with van der Waals surface area (Å²) in [6.45, 7) is 0.120. The van der Waals surface area contributed by atoms with Crippen molar-refractivity contribution in [3.05, 3.63) is 65.5 Å². The number of hydrogen-bond acceptors (Lipinski definition) is 3. The van der Waals surface area contributed by atoms with Crippen LogP contribution >= 0.6 is 0 Å². The second-order valence-electron chi connectivity index (χ2n) is 4.93. The van der Waals surface area contributed by atoms with Crippen molar-refractivity contribution in [2.45, 2.75) is 13.2 Å². The van der Waals surface area contributed by atoms with Gasteiger partial charge in [0.15, 0.2) is 6.61 Å². The number of rotatable bonds is 6. The highest BCUT2D eigenvalue weighted by atomic mass is 19.1. The number of likely N-dealkylation sites (N-methyl/N-ethyl adjacent to an activating group) is 1. The van der Waals surface area contributed by atoms with Crippen LogP contribution in [0.5, 0.6) is 5.75 Å². The molecule has 0 radical (unpaired) electrons. The Morgan fingerprint density at radius 3 is 2.55 bits per heavy atom. The largest absolute Gasteiger partial charge is 0.483 e. The number of nitrogens with zero attached hydrogens (tertiary/aromatic N) is 1. The fraction of sp³-hybridized carbons (Fsp3) is 0.235. The van der Waals surface area contributed by atoms with Crippen molar-refractivity contribution < 1.29 is 19.0 Å². The van der Waals surface area contributed by atoms with Crippen LogP contribution < -0.4 is 4.74 Å². The molecule has 0 aromatic heterocycles. The maximum Gasteiger partial charge on any atom is 0.260 e. The zero-order valence-corrected chi connectivity index (χ0v) is 12.3. The Morgan fingerprint density at radius 1 is 1.18 bits per heavy atom. The molecule has 5 heteroatoms. The second kappa shape index (κ2) is 7.56. The normalized spacial score (nSPS) is 10.3. The first-order valence-electron chi connectivity index (χ1n) is 6.90. The highest BCUT2D eigenvalue weighted by molar-refractivity contribution is 5.77. The molecule has 116 valence electrons. The predicted molar refractivity (Wildman–Crippen MR) is 80.7 cm³/mol. The van der Waals surface area contributed by atoms with Gasteiger partial charge in [-0.15, -0.1) is 0 Å². The Hall–Kier alpha value is -2.40. The van der Waals surface area contributed by atoms with E-state index in [4.69, 9.17) is 4.74 Å². The van der Waals surface area contributed by atoms with Gasteiger partial charge in [-0.25, -0.2) is 4.39 Å². The van der Waals surface area contributed by atoms with Gasteiger partial charge in [-0.3, -0.25) is 4.79 Å². The molecule has 0 saturated heterocycles. The van der Waals surface area contributed by atoms with Crippen molar-refractivity contribution >= 4 is 5.91 Å². The molecule has 1 N–H and O–H groups in total. The number of aliphatic hydroxyl groups excluding tert-OH is 1. The Bertz CT molecular complexity index is 628. The lowest BCUT2D eigenvalue weighted by atomic mass is 10.2. The number of aliphatic hydroxyl groups is 1. The number of benzene rings is 2. The van der Waals surface area contributed by atoms with Crippen molar-refractivity contribution in [2.24, 2.45) is 0 Å². The number of amides is 1. The van der Waals surface area contributed by atoms with Gasteiger partial charge in [0.25, 0.3) is 5.91 Å². The average molecular weight is 303 g/mol. The molecule has 0 aliphatic rings. The lowest BCUT2D eigenvalue weighted by Gasteiger charge is -2.18. The van der Waals surface area contributed by atoms with Gasteiger partial charge in [0, 0.05) is 19.2 Å². The molecule has 22 heavy (non-hydrogen) atoms. The van der Waals surface area contributed by atoms with E-state index in [1.165, 1.54) is 17.0 Å². The Kier molecular flexibility index (Phi) is 5.49. The van der Waals surface area contributed by atoms with Gasteiger partial charge in [0.1, 0.15) is 11.6 Å². The summed E-state index contributed by atoms with van der Waals surface area (Å²) in [5.41, 5.74) is 1.48. The summed E-state index contributed by atoms with van der Waals surface area (Å²) in [5, 5.41) is 9.20. The maximum absolute atomic E-state index is 12.8. The van der Waals surface area contributed by atoms with Crippen molar-refractivity contribution in [1.29, 1.82) is 0 Å². The van der Waals surface area contributed by atoms with Crippen LogP contribution in [0.25, 0.3) is 0 Å². The third kappa shape index (κ3) is 4.30. The van der Waals surface area contributed by atoms with Gasteiger partial charge in [-0.1, -0.05) is 30.3 Å². The molecule has 0 fully saturated rings. The smallest absolute Gasteiger partial charge is 0.260 e. The maximum atomic E-state index is 12.8. The zero-order chi connectivity index (χ0) is 15.9. The summed E-state index contributed by atoms with van der Waals surface area (Å²) < 4.78 is 18.3. The summed E-state index contributed by atoms with van der Waals surface area (Å²) in [7, 11) is 1.66. The number of halogens is 1. The minimum Gasteiger partial charge on any atom is -0.483 e. The zero-order valence-electron chi connectivity index (χ0n) is 12.3.